The fraction of sp³-hybridized carbons (Fsp3) is 0.556. The Kier molecular flexibility index (Phi) is 5.91. The third kappa shape index (κ3) is 5.27. The van der Waals surface area contributed by atoms with E-state index in [1.165, 1.54) is 18.0 Å². The van der Waals surface area contributed by atoms with Gasteiger partial charge >= 0.3 is 0 Å². The van der Waals surface area contributed by atoms with Gasteiger partial charge in [-0.05, 0) is 15.9 Å². The van der Waals surface area contributed by atoms with E-state index in [2.05, 4.69) is 26.3 Å². The molecule has 0 bridgehead atoms. The summed E-state index contributed by atoms with van der Waals surface area (Å²) in [6.45, 7) is 0.809. The van der Waals surface area contributed by atoms with Gasteiger partial charge in [-0.3, -0.25) is 4.79 Å². The molecular weight excluding hydrogens is 340 g/mol. The Hall–Kier alpha value is -0.970. The lowest BCUT2D eigenvalue weighted by atomic mass is 10.4. The van der Waals surface area contributed by atoms with E-state index in [0.717, 1.165) is 0 Å². The van der Waals surface area contributed by atoms with Gasteiger partial charge in [0.05, 0.1) is 30.8 Å². The van der Waals surface area contributed by atoms with Crippen molar-refractivity contribution in [1.82, 2.24) is 9.78 Å². The van der Waals surface area contributed by atoms with Gasteiger partial charge in [0.2, 0.25) is 10.0 Å². The van der Waals surface area contributed by atoms with Crippen LogP contribution in [-0.2, 0) is 21.3 Å². The average molecular weight is 355 g/mol. The number of methoxy groups -OCH3 is 1. The van der Waals surface area contributed by atoms with Crippen molar-refractivity contribution in [3.8, 4) is 0 Å². The normalized spacial score (nSPS) is 11.5. The van der Waals surface area contributed by atoms with E-state index >= 15 is 0 Å². The number of sulfonamides is 1. The third-order valence-corrected chi connectivity index (χ3v) is 3.73. The van der Waals surface area contributed by atoms with Crippen molar-refractivity contribution in [3.63, 3.8) is 0 Å². The van der Waals surface area contributed by atoms with Gasteiger partial charge in [-0.15, -0.1) is 0 Å². The molecule has 0 amide bonds. The quantitative estimate of drug-likeness (QED) is 0.672. The van der Waals surface area contributed by atoms with Gasteiger partial charge < -0.3 is 10.1 Å². The number of halogens is 1. The number of primary sulfonamides is 1. The molecule has 1 rings (SSSR count). The fourth-order valence-electron chi connectivity index (χ4n) is 1.25. The van der Waals surface area contributed by atoms with E-state index < -0.39 is 10.0 Å². The molecule has 0 aromatic carbocycles. The van der Waals surface area contributed by atoms with Gasteiger partial charge in [-0.25, -0.2) is 18.2 Å². The van der Waals surface area contributed by atoms with Gasteiger partial charge in [0.1, 0.15) is 4.47 Å². The Morgan fingerprint density at radius 3 is 2.84 bits per heavy atom. The molecule has 108 valence electrons. The van der Waals surface area contributed by atoms with Gasteiger partial charge in [-0.2, -0.15) is 5.10 Å². The van der Waals surface area contributed by atoms with Crippen LogP contribution in [-0.4, -0.2) is 44.2 Å². The van der Waals surface area contributed by atoms with Crippen LogP contribution in [0.5, 0.6) is 0 Å². The first kappa shape index (κ1) is 16.1. The van der Waals surface area contributed by atoms with Crippen LogP contribution in [0.1, 0.15) is 0 Å². The fourth-order valence-corrected chi connectivity index (χ4v) is 2.09. The Labute approximate surface area is 119 Å². The lowest BCUT2D eigenvalue weighted by Crippen LogP contribution is -2.27. The van der Waals surface area contributed by atoms with Crippen LogP contribution in [0.2, 0.25) is 0 Å². The second-order valence-corrected chi connectivity index (χ2v) is 6.21. The Morgan fingerprint density at radius 2 is 2.26 bits per heavy atom. The van der Waals surface area contributed by atoms with Crippen LogP contribution in [0.25, 0.3) is 0 Å². The molecule has 1 aromatic heterocycles. The third-order valence-electron chi connectivity index (χ3n) is 2.19. The summed E-state index contributed by atoms with van der Waals surface area (Å²) in [6, 6.07) is 0. The van der Waals surface area contributed by atoms with Gasteiger partial charge in [0.15, 0.2) is 0 Å². The number of hydrogen-bond acceptors (Lipinski definition) is 6. The average Bonchev–Trinajstić information content (AvgIpc) is 2.32. The molecule has 10 heteroatoms. The highest BCUT2D eigenvalue weighted by Gasteiger charge is 2.09. The number of nitrogens with one attached hydrogen (secondary N) is 1. The zero-order chi connectivity index (χ0) is 14.5. The number of nitrogens with zero attached hydrogens (tertiary/aromatic N) is 2. The maximum Gasteiger partial charge on any atom is 0.283 e. The monoisotopic (exact) mass is 354 g/mol. The van der Waals surface area contributed by atoms with Gasteiger partial charge in [0.25, 0.3) is 5.56 Å². The first-order valence-corrected chi connectivity index (χ1v) is 7.85. The molecule has 0 radical (unpaired) electrons. The summed E-state index contributed by atoms with van der Waals surface area (Å²) in [5.41, 5.74) is 0.0972. The van der Waals surface area contributed by atoms with E-state index in [9.17, 15) is 13.2 Å². The molecule has 0 saturated carbocycles. The van der Waals surface area contributed by atoms with E-state index in [0.29, 0.717) is 18.8 Å². The predicted molar refractivity (Wildman–Crippen MR) is 74.5 cm³/mol. The van der Waals surface area contributed by atoms with Crippen molar-refractivity contribution >= 4 is 31.6 Å². The smallest absolute Gasteiger partial charge is 0.283 e. The SMILES string of the molecule is COCCn1ncc(NCCS(N)(=O)=O)c(Br)c1=O. The van der Waals surface area contributed by atoms with Crippen molar-refractivity contribution in [2.45, 2.75) is 6.54 Å². The molecule has 1 heterocycles. The molecule has 1 aromatic rings. The molecule has 0 aliphatic rings. The number of rotatable bonds is 7. The van der Waals surface area contributed by atoms with E-state index in [-0.39, 0.29) is 22.3 Å². The minimum Gasteiger partial charge on any atom is -0.383 e. The van der Waals surface area contributed by atoms with Gasteiger partial charge in [0, 0.05) is 13.7 Å². The number of anilines is 1. The Morgan fingerprint density at radius 1 is 1.58 bits per heavy atom. The summed E-state index contributed by atoms with van der Waals surface area (Å²) in [6.07, 6.45) is 1.43. The van der Waals surface area contributed by atoms with Crippen LogP contribution < -0.4 is 16.0 Å². The molecular formula is C9H15BrN4O4S. The number of hydrogen-bond donors (Lipinski definition) is 2. The Bertz CT molecular complexity index is 586. The summed E-state index contributed by atoms with van der Waals surface area (Å²) in [5, 5.41) is 11.6. The van der Waals surface area contributed by atoms with Gasteiger partial charge in [-0.1, -0.05) is 0 Å². The maximum absolute atomic E-state index is 11.9. The Balaban J connectivity index is 2.76. The standard InChI is InChI=1S/C9H15BrN4O4S/c1-18-4-3-14-9(15)8(10)7(6-13-14)12-2-5-19(11,16)17/h6,12H,2-5H2,1H3,(H2,11,16,17). The predicted octanol–water partition coefficient (Wildman–Crippen LogP) is -0.647. The molecule has 8 nitrogen and oxygen atoms in total. The molecule has 0 aliphatic heterocycles. The van der Waals surface area contributed by atoms with E-state index in [1.807, 2.05) is 0 Å². The van der Waals surface area contributed by atoms with Crippen molar-refractivity contribution in [1.29, 1.82) is 0 Å². The highest BCUT2D eigenvalue weighted by atomic mass is 79.9. The van der Waals surface area contributed by atoms with Crippen molar-refractivity contribution in [2.24, 2.45) is 5.14 Å². The second-order valence-electron chi connectivity index (χ2n) is 3.69. The lowest BCUT2D eigenvalue weighted by Gasteiger charge is -2.09. The number of aromatic nitrogens is 2. The van der Waals surface area contributed by atoms with Crippen molar-refractivity contribution in [3.05, 3.63) is 21.0 Å². The van der Waals surface area contributed by atoms with E-state index in [4.69, 9.17) is 9.88 Å². The molecule has 0 atom stereocenters. The summed E-state index contributed by atoms with van der Waals surface area (Å²) in [5.74, 6) is -0.230. The summed E-state index contributed by atoms with van der Waals surface area (Å²) in [7, 11) is -2.00. The van der Waals surface area contributed by atoms with Crippen molar-refractivity contribution in [2.75, 3.05) is 31.3 Å². The maximum atomic E-state index is 11.9. The molecule has 0 saturated heterocycles. The molecule has 0 spiro atoms. The zero-order valence-electron chi connectivity index (χ0n) is 10.3. The van der Waals surface area contributed by atoms with Crippen LogP contribution in [0.4, 0.5) is 5.69 Å². The van der Waals surface area contributed by atoms with Crippen LogP contribution in [0.3, 0.4) is 0 Å². The second kappa shape index (κ2) is 6.98. The highest BCUT2D eigenvalue weighted by molar-refractivity contribution is 9.10. The van der Waals surface area contributed by atoms with Crippen LogP contribution in [0, 0.1) is 0 Å². The zero-order valence-corrected chi connectivity index (χ0v) is 12.7. The first-order chi connectivity index (χ1) is 8.85. The number of ether oxygens (including phenoxy) is 1. The van der Waals surface area contributed by atoms with Crippen molar-refractivity contribution < 1.29 is 13.2 Å². The first-order valence-electron chi connectivity index (χ1n) is 5.34. The molecule has 19 heavy (non-hydrogen) atoms. The molecule has 0 aliphatic carbocycles. The topological polar surface area (TPSA) is 116 Å². The summed E-state index contributed by atoms with van der Waals surface area (Å²) < 4.78 is 27.9. The highest BCUT2D eigenvalue weighted by Crippen LogP contribution is 2.15. The minimum atomic E-state index is -3.54. The molecule has 0 fully saturated rings. The molecule has 3 N–H and O–H groups in total. The van der Waals surface area contributed by atoms with Crippen LogP contribution >= 0.6 is 15.9 Å². The lowest BCUT2D eigenvalue weighted by molar-refractivity contribution is 0.181. The summed E-state index contributed by atoms with van der Waals surface area (Å²) >= 11 is 3.15. The largest absolute Gasteiger partial charge is 0.383 e. The summed E-state index contributed by atoms with van der Waals surface area (Å²) in [4.78, 5) is 11.9. The number of nitrogens with two attached hydrogens (primary N) is 1. The minimum absolute atomic E-state index is 0.0979. The molecule has 0 unspecified atom stereocenters. The van der Waals surface area contributed by atoms with Crippen LogP contribution in [0.15, 0.2) is 15.5 Å². The van der Waals surface area contributed by atoms with E-state index in [1.54, 1.807) is 0 Å².